The standard InChI is InChI=1S/C17H17FN2/c1-10-14(3-2-4-15(10)18)12-7-13-9-19-17(11-5-6-11)20-16(13)8-12/h2-4,9,11-12H,5-8H2,1H3/t12-/m0/s1. The molecule has 3 heteroatoms. The Morgan fingerprint density at radius 2 is 2.00 bits per heavy atom. The predicted octanol–water partition coefficient (Wildman–Crippen LogP) is 3.68. The Hall–Kier alpha value is -1.77. The van der Waals surface area contributed by atoms with Gasteiger partial charge in [-0.05, 0) is 61.3 Å². The number of fused-ring (bicyclic) bond motifs is 1. The second-order valence-corrected chi connectivity index (χ2v) is 6.03. The topological polar surface area (TPSA) is 25.8 Å². The number of nitrogens with zero attached hydrogens (tertiary/aromatic N) is 2. The van der Waals surface area contributed by atoms with E-state index in [4.69, 9.17) is 4.98 Å². The number of aromatic nitrogens is 2. The Labute approximate surface area is 118 Å². The van der Waals surface area contributed by atoms with E-state index in [1.807, 2.05) is 25.3 Å². The number of hydrogen-bond acceptors (Lipinski definition) is 2. The lowest BCUT2D eigenvalue weighted by molar-refractivity contribution is 0.608. The van der Waals surface area contributed by atoms with E-state index in [0.717, 1.165) is 29.8 Å². The van der Waals surface area contributed by atoms with Crippen molar-refractivity contribution in [3.8, 4) is 0 Å². The van der Waals surface area contributed by atoms with Crippen LogP contribution >= 0.6 is 0 Å². The van der Waals surface area contributed by atoms with Crippen LogP contribution in [0.15, 0.2) is 24.4 Å². The maximum absolute atomic E-state index is 13.7. The van der Waals surface area contributed by atoms with Gasteiger partial charge in [-0.3, -0.25) is 0 Å². The summed E-state index contributed by atoms with van der Waals surface area (Å²) in [5, 5.41) is 0. The van der Waals surface area contributed by atoms with Gasteiger partial charge in [0, 0.05) is 17.8 Å². The molecule has 0 saturated heterocycles. The molecular weight excluding hydrogens is 251 g/mol. The molecule has 0 spiro atoms. The molecule has 1 saturated carbocycles. The van der Waals surface area contributed by atoms with Crippen LogP contribution in [0.4, 0.5) is 4.39 Å². The largest absolute Gasteiger partial charge is 0.241 e. The minimum absolute atomic E-state index is 0.108. The summed E-state index contributed by atoms with van der Waals surface area (Å²) in [4.78, 5) is 9.23. The van der Waals surface area contributed by atoms with Gasteiger partial charge in [0.2, 0.25) is 0 Å². The lowest BCUT2D eigenvalue weighted by Gasteiger charge is -2.12. The smallest absolute Gasteiger partial charge is 0.131 e. The van der Waals surface area contributed by atoms with Crippen molar-refractivity contribution < 1.29 is 4.39 Å². The van der Waals surface area contributed by atoms with E-state index < -0.39 is 0 Å². The maximum Gasteiger partial charge on any atom is 0.131 e. The van der Waals surface area contributed by atoms with Gasteiger partial charge in [-0.2, -0.15) is 0 Å². The molecule has 1 aromatic heterocycles. The van der Waals surface area contributed by atoms with Crippen LogP contribution in [0, 0.1) is 12.7 Å². The molecular formula is C17H17FN2. The van der Waals surface area contributed by atoms with Crippen LogP contribution in [0.3, 0.4) is 0 Å². The quantitative estimate of drug-likeness (QED) is 0.830. The molecule has 102 valence electrons. The highest BCUT2D eigenvalue weighted by atomic mass is 19.1. The Bertz CT molecular complexity index is 677. The van der Waals surface area contributed by atoms with Gasteiger partial charge in [0.15, 0.2) is 0 Å². The summed E-state index contributed by atoms with van der Waals surface area (Å²) in [6, 6.07) is 5.39. The van der Waals surface area contributed by atoms with Gasteiger partial charge in [-0.25, -0.2) is 14.4 Å². The Morgan fingerprint density at radius 1 is 1.15 bits per heavy atom. The fourth-order valence-electron chi connectivity index (χ4n) is 3.20. The van der Waals surface area contributed by atoms with E-state index in [-0.39, 0.29) is 5.82 Å². The third-order valence-electron chi connectivity index (χ3n) is 4.57. The Kier molecular flexibility index (Phi) is 2.62. The fraction of sp³-hybridized carbons (Fsp3) is 0.412. The highest BCUT2D eigenvalue weighted by Gasteiger charge is 2.30. The first-order valence-electron chi connectivity index (χ1n) is 7.32. The van der Waals surface area contributed by atoms with Gasteiger partial charge in [0.1, 0.15) is 11.6 Å². The van der Waals surface area contributed by atoms with Crippen LogP contribution in [-0.4, -0.2) is 9.97 Å². The number of rotatable bonds is 2. The monoisotopic (exact) mass is 268 g/mol. The second-order valence-electron chi connectivity index (χ2n) is 6.03. The zero-order valence-corrected chi connectivity index (χ0v) is 11.6. The van der Waals surface area contributed by atoms with Gasteiger partial charge in [0.25, 0.3) is 0 Å². The molecule has 0 amide bonds. The first-order valence-corrected chi connectivity index (χ1v) is 7.32. The van der Waals surface area contributed by atoms with Crippen molar-refractivity contribution in [3.63, 3.8) is 0 Å². The molecule has 1 aromatic carbocycles. The molecule has 0 aliphatic heterocycles. The first kappa shape index (κ1) is 12.0. The molecule has 0 bridgehead atoms. The van der Waals surface area contributed by atoms with Crippen LogP contribution < -0.4 is 0 Å². The van der Waals surface area contributed by atoms with Crippen molar-refractivity contribution in [2.75, 3.05) is 0 Å². The van der Waals surface area contributed by atoms with Gasteiger partial charge >= 0.3 is 0 Å². The molecule has 4 rings (SSSR count). The van der Waals surface area contributed by atoms with Crippen LogP contribution in [-0.2, 0) is 12.8 Å². The Morgan fingerprint density at radius 3 is 2.80 bits per heavy atom. The average Bonchev–Trinajstić information content (AvgIpc) is 3.21. The van der Waals surface area contributed by atoms with Crippen molar-refractivity contribution >= 4 is 0 Å². The minimum Gasteiger partial charge on any atom is -0.241 e. The van der Waals surface area contributed by atoms with E-state index in [1.54, 1.807) is 0 Å². The van der Waals surface area contributed by atoms with Crippen molar-refractivity contribution in [3.05, 3.63) is 58.4 Å². The normalized spacial score (nSPS) is 21.0. The molecule has 20 heavy (non-hydrogen) atoms. The van der Waals surface area contributed by atoms with Crippen molar-refractivity contribution in [1.82, 2.24) is 9.97 Å². The fourth-order valence-corrected chi connectivity index (χ4v) is 3.20. The lowest BCUT2D eigenvalue weighted by atomic mass is 9.92. The summed E-state index contributed by atoms with van der Waals surface area (Å²) in [5.74, 6) is 1.85. The van der Waals surface area contributed by atoms with Crippen molar-refractivity contribution in [1.29, 1.82) is 0 Å². The number of benzene rings is 1. The van der Waals surface area contributed by atoms with Crippen molar-refractivity contribution in [2.24, 2.45) is 0 Å². The molecule has 2 aliphatic carbocycles. The van der Waals surface area contributed by atoms with Gasteiger partial charge < -0.3 is 0 Å². The number of halogens is 1. The highest BCUT2D eigenvalue weighted by Crippen LogP contribution is 2.40. The summed E-state index contributed by atoms with van der Waals surface area (Å²) in [5.41, 5.74) is 4.32. The molecule has 2 nitrogen and oxygen atoms in total. The second kappa shape index (κ2) is 4.37. The minimum atomic E-state index is -0.108. The molecule has 1 atom stereocenters. The van der Waals surface area contributed by atoms with Crippen LogP contribution in [0.2, 0.25) is 0 Å². The maximum atomic E-state index is 13.7. The van der Waals surface area contributed by atoms with Gasteiger partial charge in [-0.15, -0.1) is 0 Å². The van der Waals surface area contributed by atoms with Gasteiger partial charge in [-0.1, -0.05) is 12.1 Å². The SMILES string of the molecule is Cc1c(F)cccc1[C@H]1Cc2cnc(C3CC3)nc2C1. The molecule has 0 N–H and O–H groups in total. The summed E-state index contributed by atoms with van der Waals surface area (Å²) in [6.07, 6.45) is 6.30. The third-order valence-corrected chi connectivity index (χ3v) is 4.57. The third kappa shape index (κ3) is 1.92. The molecule has 1 heterocycles. The average molecular weight is 268 g/mol. The summed E-state index contributed by atoms with van der Waals surface area (Å²) < 4.78 is 13.7. The zero-order valence-electron chi connectivity index (χ0n) is 11.6. The van der Waals surface area contributed by atoms with E-state index in [2.05, 4.69) is 4.98 Å². The highest BCUT2D eigenvalue weighted by molar-refractivity contribution is 5.37. The summed E-state index contributed by atoms with van der Waals surface area (Å²) in [7, 11) is 0. The zero-order chi connectivity index (χ0) is 13.7. The molecule has 0 unspecified atom stereocenters. The van der Waals surface area contributed by atoms with E-state index in [1.165, 1.54) is 30.2 Å². The number of hydrogen-bond donors (Lipinski definition) is 0. The van der Waals surface area contributed by atoms with E-state index >= 15 is 0 Å². The lowest BCUT2D eigenvalue weighted by Crippen LogP contribution is -2.02. The van der Waals surface area contributed by atoms with Crippen LogP contribution in [0.1, 0.15) is 52.9 Å². The summed E-state index contributed by atoms with van der Waals surface area (Å²) >= 11 is 0. The molecule has 1 fully saturated rings. The predicted molar refractivity (Wildman–Crippen MR) is 75.3 cm³/mol. The Balaban J connectivity index is 1.65. The van der Waals surface area contributed by atoms with Crippen LogP contribution in [0.5, 0.6) is 0 Å². The van der Waals surface area contributed by atoms with Gasteiger partial charge in [0.05, 0.1) is 0 Å². The van der Waals surface area contributed by atoms with Crippen molar-refractivity contribution in [2.45, 2.75) is 44.4 Å². The molecule has 0 radical (unpaired) electrons. The van der Waals surface area contributed by atoms with E-state index in [9.17, 15) is 4.39 Å². The van der Waals surface area contributed by atoms with Crippen LogP contribution in [0.25, 0.3) is 0 Å². The summed E-state index contributed by atoms with van der Waals surface area (Å²) in [6.45, 7) is 1.87. The van der Waals surface area contributed by atoms with E-state index in [0.29, 0.717) is 11.8 Å². The molecule has 2 aliphatic rings. The first-order chi connectivity index (χ1) is 9.72. The molecule has 2 aromatic rings.